The summed E-state index contributed by atoms with van der Waals surface area (Å²) in [5, 5.41) is 0.603. The number of nitrogens with zero attached hydrogens (tertiary/aromatic N) is 2. The fraction of sp³-hybridized carbons (Fsp3) is 0.382. The summed E-state index contributed by atoms with van der Waals surface area (Å²) in [5.74, 6) is 0.00463. The number of carbonyl (C=O) groups excluding carboxylic acids is 3. The van der Waals surface area contributed by atoms with E-state index >= 15 is 0 Å². The lowest BCUT2D eigenvalue weighted by Crippen LogP contribution is -2.48. The number of carbonyl (C=O) groups is 3. The van der Waals surface area contributed by atoms with Gasteiger partial charge in [0.15, 0.2) is 0 Å². The lowest BCUT2D eigenvalue weighted by molar-refractivity contribution is -0.151. The summed E-state index contributed by atoms with van der Waals surface area (Å²) in [6, 6.07) is 21.7. The lowest BCUT2D eigenvalue weighted by Gasteiger charge is -2.44. The number of rotatable bonds is 9. The SMILES string of the molecule is COC(=O)C(C)(C)CCOc1ccc(C(=O)N2c3ccccc3[C@H](N(C(=O)C(C)C)c3ccc(Cl)cc3)C[C@@H]2C)cc1. The number of amides is 2. The molecular formula is C34H39ClN2O5. The molecule has 3 aromatic rings. The Morgan fingerprint density at radius 2 is 1.64 bits per heavy atom. The van der Waals surface area contributed by atoms with Gasteiger partial charge in [-0.15, -0.1) is 0 Å². The highest BCUT2D eigenvalue weighted by atomic mass is 35.5. The average molecular weight is 591 g/mol. The van der Waals surface area contributed by atoms with Gasteiger partial charge in [-0.2, -0.15) is 0 Å². The van der Waals surface area contributed by atoms with E-state index in [2.05, 4.69) is 0 Å². The van der Waals surface area contributed by atoms with Crippen molar-refractivity contribution in [1.82, 2.24) is 0 Å². The first-order valence-corrected chi connectivity index (χ1v) is 14.6. The Balaban J connectivity index is 1.58. The zero-order chi connectivity index (χ0) is 30.6. The van der Waals surface area contributed by atoms with E-state index < -0.39 is 5.41 Å². The Kier molecular flexibility index (Phi) is 9.62. The van der Waals surface area contributed by atoms with Gasteiger partial charge in [0.1, 0.15) is 5.75 Å². The van der Waals surface area contributed by atoms with Crippen LogP contribution in [0.15, 0.2) is 72.8 Å². The Morgan fingerprint density at radius 1 is 1.00 bits per heavy atom. The number of halogens is 1. The number of benzene rings is 3. The highest BCUT2D eigenvalue weighted by Gasteiger charge is 2.39. The second-order valence-corrected chi connectivity index (χ2v) is 12.1. The average Bonchev–Trinajstić information content (AvgIpc) is 2.97. The van der Waals surface area contributed by atoms with Crippen molar-refractivity contribution >= 4 is 40.8 Å². The highest BCUT2D eigenvalue weighted by Crippen LogP contribution is 2.43. The van der Waals surface area contributed by atoms with Crippen molar-refractivity contribution in [3.63, 3.8) is 0 Å². The summed E-state index contributed by atoms with van der Waals surface area (Å²) in [4.78, 5) is 43.1. The van der Waals surface area contributed by atoms with Gasteiger partial charge in [-0.25, -0.2) is 0 Å². The molecule has 42 heavy (non-hydrogen) atoms. The molecule has 0 saturated heterocycles. The van der Waals surface area contributed by atoms with E-state index in [1.54, 1.807) is 36.4 Å². The maximum atomic E-state index is 13.9. The fourth-order valence-corrected chi connectivity index (χ4v) is 5.44. The van der Waals surface area contributed by atoms with Crippen molar-refractivity contribution in [2.24, 2.45) is 11.3 Å². The van der Waals surface area contributed by atoms with Gasteiger partial charge < -0.3 is 19.3 Å². The number of para-hydroxylation sites is 1. The molecule has 4 rings (SSSR count). The first-order chi connectivity index (χ1) is 19.9. The predicted octanol–water partition coefficient (Wildman–Crippen LogP) is 7.48. The number of ether oxygens (including phenoxy) is 2. The zero-order valence-corrected chi connectivity index (χ0v) is 25.9. The van der Waals surface area contributed by atoms with Crippen LogP contribution in [-0.2, 0) is 14.3 Å². The quantitative estimate of drug-likeness (QED) is 0.242. The third kappa shape index (κ3) is 6.62. The Labute approximate surface area is 253 Å². The van der Waals surface area contributed by atoms with Crippen LogP contribution in [0.1, 0.15) is 69.4 Å². The third-order valence-corrected chi connectivity index (χ3v) is 8.01. The minimum Gasteiger partial charge on any atom is -0.494 e. The van der Waals surface area contributed by atoms with Crippen LogP contribution < -0.4 is 14.5 Å². The van der Waals surface area contributed by atoms with Crippen molar-refractivity contribution in [2.75, 3.05) is 23.5 Å². The molecule has 1 heterocycles. The second-order valence-electron chi connectivity index (χ2n) is 11.7. The van der Waals surface area contributed by atoms with Gasteiger partial charge >= 0.3 is 5.97 Å². The van der Waals surface area contributed by atoms with Crippen LogP contribution >= 0.6 is 11.6 Å². The van der Waals surface area contributed by atoms with E-state index in [0.29, 0.717) is 35.8 Å². The molecule has 0 spiro atoms. The number of hydrogen-bond acceptors (Lipinski definition) is 5. The Bertz CT molecular complexity index is 1420. The molecule has 2 atom stereocenters. The molecule has 1 aliphatic rings. The minimum absolute atomic E-state index is 0.00895. The molecule has 0 radical (unpaired) electrons. The van der Waals surface area contributed by atoms with Crippen LogP contribution in [0.4, 0.5) is 11.4 Å². The van der Waals surface area contributed by atoms with Crippen LogP contribution in [0, 0.1) is 11.3 Å². The summed E-state index contributed by atoms with van der Waals surface area (Å²) < 4.78 is 10.7. The molecule has 0 saturated carbocycles. The summed E-state index contributed by atoms with van der Waals surface area (Å²) in [6.45, 7) is 9.78. The molecule has 0 N–H and O–H groups in total. The first kappa shape index (κ1) is 31.1. The van der Waals surface area contributed by atoms with E-state index in [-0.39, 0.29) is 35.8 Å². The predicted molar refractivity (Wildman–Crippen MR) is 166 cm³/mol. The van der Waals surface area contributed by atoms with E-state index in [0.717, 1.165) is 16.9 Å². The summed E-state index contributed by atoms with van der Waals surface area (Å²) in [7, 11) is 1.38. The monoisotopic (exact) mass is 590 g/mol. The van der Waals surface area contributed by atoms with Crippen molar-refractivity contribution in [3.8, 4) is 5.75 Å². The smallest absolute Gasteiger partial charge is 0.311 e. The lowest BCUT2D eigenvalue weighted by atomic mass is 9.89. The van der Waals surface area contributed by atoms with Crippen LogP contribution in [0.5, 0.6) is 5.75 Å². The number of esters is 1. The molecule has 0 unspecified atom stereocenters. The van der Waals surface area contributed by atoms with Gasteiger partial charge in [0.25, 0.3) is 5.91 Å². The molecule has 7 nitrogen and oxygen atoms in total. The van der Waals surface area contributed by atoms with Gasteiger partial charge in [0.05, 0.1) is 25.2 Å². The van der Waals surface area contributed by atoms with Gasteiger partial charge in [0.2, 0.25) is 5.91 Å². The largest absolute Gasteiger partial charge is 0.494 e. The summed E-state index contributed by atoms with van der Waals surface area (Å²) in [5.41, 5.74) is 2.36. The molecule has 8 heteroatoms. The molecule has 0 aliphatic carbocycles. The van der Waals surface area contributed by atoms with Crippen LogP contribution in [0.25, 0.3) is 0 Å². The van der Waals surface area contributed by atoms with Gasteiger partial charge in [-0.05, 0) is 93.8 Å². The number of methoxy groups -OCH3 is 1. The van der Waals surface area contributed by atoms with Crippen molar-refractivity contribution in [3.05, 3.63) is 88.9 Å². The van der Waals surface area contributed by atoms with E-state index in [9.17, 15) is 14.4 Å². The molecule has 2 amide bonds. The van der Waals surface area contributed by atoms with Crippen LogP contribution in [-0.4, -0.2) is 37.5 Å². The van der Waals surface area contributed by atoms with E-state index in [1.807, 2.05) is 80.8 Å². The van der Waals surface area contributed by atoms with Gasteiger partial charge in [-0.1, -0.05) is 43.6 Å². The topological polar surface area (TPSA) is 76.2 Å². The van der Waals surface area contributed by atoms with Gasteiger partial charge in [0, 0.05) is 33.9 Å². The molecule has 3 aromatic carbocycles. The molecule has 0 fully saturated rings. The van der Waals surface area contributed by atoms with Gasteiger partial charge in [-0.3, -0.25) is 14.4 Å². The third-order valence-electron chi connectivity index (χ3n) is 7.76. The standard InChI is InChI=1S/C34H39ClN2O5/c1-22(2)31(38)37(26-15-13-25(35)14-16-26)30-21-23(3)36(29-10-8-7-9-28(29)30)32(39)24-11-17-27(18-12-24)42-20-19-34(4,5)33(40)41-6/h7-18,22-23,30H,19-21H2,1-6H3/t23-,30+/m0/s1. The molecule has 0 aromatic heterocycles. The second kappa shape index (κ2) is 13.0. The molecule has 222 valence electrons. The molecule has 0 bridgehead atoms. The number of hydrogen-bond donors (Lipinski definition) is 0. The van der Waals surface area contributed by atoms with Crippen molar-refractivity contribution in [1.29, 1.82) is 0 Å². The maximum Gasteiger partial charge on any atom is 0.311 e. The molecular weight excluding hydrogens is 552 g/mol. The number of fused-ring (bicyclic) bond motifs is 1. The van der Waals surface area contributed by atoms with E-state index in [1.165, 1.54) is 7.11 Å². The highest BCUT2D eigenvalue weighted by molar-refractivity contribution is 6.30. The van der Waals surface area contributed by atoms with E-state index in [4.69, 9.17) is 21.1 Å². The minimum atomic E-state index is -0.650. The summed E-state index contributed by atoms with van der Waals surface area (Å²) in [6.07, 6.45) is 1.07. The molecule has 1 aliphatic heterocycles. The Morgan fingerprint density at radius 3 is 2.26 bits per heavy atom. The number of anilines is 2. The van der Waals surface area contributed by atoms with Crippen molar-refractivity contribution in [2.45, 2.75) is 59.5 Å². The maximum absolute atomic E-state index is 13.9. The van der Waals surface area contributed by atoms with Crippen LogP contribution in [0.3, 0.4) is 0 Å². The first-order valence-electron chi connectivity index (χ1n) is 14.3. The normalized spacial score (nSPS) is 16.5. The summed E-state index contributed by atoms with van der Waals surface area (Å²) >= 11 is 6.16. The zero-order valence-electron chi connectivity index (χ0n) is 25.1. The van der Waals surface area contributed by atoms with Crippen LogP contribution in [0.2, 0.25) is 5.02 Å². The Hall–Kier alpha value is -3.84. The fourth-order valence-electron chi connectivity index (χ4n) is 5.31. The van der Waals surface area contributed by atoms with Crippen molar-refractivity contribution < 1.29 is 23.9 Å².